The number of nitrogens with zero attached hydrogens (tertiary/aromatic N) is 5. The Balaban J connectivity index is 1.50. The van der Waals surface area contributed by atoms with E-state index in [-0.39, 0.29) is 11.6 Å². The van der Waals surface area contributed by atoms with Gasteiger partial charge in [0, 0.05) is 18.7 Å². The fraction of sp³-hybridized carbons (Fsp3) is 0.333. The molecule has 0 fully saturated rings. The van der Waals surface area contributed by atoms with Crippen LogP contribution >= 0.6 is 0 Å². The third kappa shape index (κ3) is 5.60. The maximum absolute atomic E-state index is 13.3. The van der Waals surface area contributed by atoms with Crippen LogP contribution in [0.5, 0.6) is 0 Å². The van der Waals surface area contributed by atoms with E-state index in [9.17, 15) is 4.79 Å². The molecule has 0 aliphatic rings. The van der Waals surface area contributed by atoms with Crippen molar-refractivity contribution in [2.75, 3.05) is 6.54 Å². The Bertz CT molecular complexity index is 1580. The molecule has 0 unspecified atom stereocenters. The van der Waals surface area contributed by atoms with Crippen LogP contribution in [0, 0.1) is 20.8 Å². The van der Waals surface area contributed by atoms with E-state index < -0.39 is 0 Å². The van der Waals surface area contributed by atoms with Crippen molar-refractivity contribution in [2.45, 2.75) is 59.7 Å². The fourth-order valence-corrected chi connectivity index (χ4v) is 5.27. The highest BCUT2D eigenvalue weighted by Crippen LogP contribution is 2.26. The van der Waals surface area contributed by atoms with Gasteiger partial charge >= 0.3 is 0 Å². The number of pyridine rings is 1. The monoisotopic (exact) mass is 510 g/mol. The molecule has 5 aromatic rings. The molecule has 0 aliphatic carbocycles. The van der Waals surface area contributed by atoms with Gasteiger partial charge < -0.3 is 9.40 Å². The summed E-state index contributed by atoms with van der Waals surface area (Å²) in [6, 6.07) is 18.5. The lowest BCUT2D eigenvalue weighted by Gasteiger charge is -2.30. The first-order valence-corrected chi connectivity index (χ1v) is 13.1. The number of furan rings is 1. The molecule has 1 atom stereocenters. The molecule has 8 nitrogen and oxygen atoms in total. The topological polar surface area (TPSA) is 92.8 Å². The maximum Gasteiger partial charge on any atom is 0.252 e. The van der Waals surface area contributed by atoms with Crippen molar-refractivity contribution in [1.82, 2.24) is 30.1 Å². The molecule has 3 aromatic heterocycles. The van der Waals surface area contributed by atoms with Crippen molar-refractivity contribution in [3.63, 3.8) is 0 Å². The summed E-state index contributed by atoms with van der Waals surface area (Å²) < 4.78 is 7.34. The Labute approximate surface area is 222 Å². The van der Waals surface area contributed by atoms with Crippen LogP contribution in [-0.2, 0) is 19.5 Å². The van der Waals surface area contributed by atoms with Crippen molar-refractivity contribution in [2.24, 2.45) is 0 Å². The van der Waals surface area contributed by atoms with Gasteiger partial charge in [-0.15, -0.1) is 5.10 Å². The third-order valence-corrected chi connectivity index (χ3v) is 7.08. The van der Waals surface area contributed by atoms with E-state index >= 15 is 0 Å². The quantitative estimate of drug-likeness (QED) is 0.275. The van der Waals surface area contributed by atoms with Crippen molar-refractivity contribution in [1.29, 1.82) is 0 Å². The van der Waals surface area contributed by atoms with Crippen LogP contribution in [0.15, 0.2) is 70.1 Å². The van der Waals surface area contributed by atoms with Crippen LogP contribution in [0.25, 0.3) is 10.9 Å². The average Bonchev–Trinajstić information content (AvgIpc) is 3.57. The number of benzene rings is 2. The molecule has 0 aliphatic heterocycles. The van der Waals surface area contributed by atoms with Crippen LogP contribution in [0.4, 0.5) is 0 Å². The number of rotatable bonds is 10. The number of fused-ring (bicyclic) bond motifs is 1. The van der Waals surface area contributed by atoms with Crippen LogP contribution in [0.2, 0.25) is 0 Å². The largest absolute Gasteiger partial charge is 0.467 e. The zero-order valence-corrected chi connectivity index (χ0v) is 22.4. The standard InChI is InChI=1S/C30H34N6O2/c1-5-27(29-32-33-34-36(29)19-26-10-7-13-38-26)35(12-11-23-9-6-8-20(2)15-23)18-25-17-24-16-21(3)14-22(4)28(24)31-30(25)37/h6-10,13-17,27H,5,11-12,18-19H2,1-4H3,(H,31,37)/t27-/m0/s1. The van der Waals surface area contributed by atoms with Gasteiger partial charge in [0.2, 0.25) is 0 Å². The second-order valence-corrected chi connectivity index (χ2v) is 10.1. The zero-order valence-electron chi connectivity index (χ0n) is 22.4. The van der Waals surface area contributed by atoms with Crippen molar-refractivity contribution < 1.29 is 4.42 Å². The van der Waals surface area contributed by atoms with Gasteiger partial charge in [-0.3, -0.25) is 9.69 Å². The smallest absolute Gasteiger partial charge is 0.252 e. The molecular weight excluding hydrogens is 476 g/mol. The number of hydrogen-bond acceptors (Lipinski definition) is 6. The lowest BCUT2D eigenvalue weighted by atomic mass is 10.0. The third-order valence-electron chi connectivity index (χ3n) is 7.08. The van der Waals surface area contributed by atoms with Gasteiger partial charge in [-0.2, -0.15) is 0 Å². The highest BCUT2D eigenvalue weighted by atomic mass is 16.3. The SMILES string of the molecule is CC[C@@H](c1nnnn1Cc1ccco1)N(CCc1cccc(C)c1)Cc1cc2cc(C)cc(C)c2[nH]c1=O. The average molecular weight is 511 g/mol. The molecule has 38 heavy (non-hydrogen) atoms. The van der Waals surface area contributed by atoms with Gasteiger partial charge in [-0.05, 0) is 84.8 Å². The highest BCUT2D eigenvalue weighted by molar-refractivity contribution is 5.82. The normalized spacial score (nSPS) is 12.4. The number of H-pyrrole nitrogens is 1. The van der Waals surface area contributed by atoms with Gasteiger partial charge in [-0.1, -0.05) is 48.4 Å². The van der Waals surface area contributed by atoms with Crippen LogP contribution in [-0.4, -0.2) is 36.6 Å². The Hall–Kier alpha value is -4.04. The van der Waals surface area contributed by atoms with E-state index in [1.54, 1.807) is 10.9 Å². The minimum atomic E-state index is -0.0842. The van der Waals surface area contributed by atoms with E-state index in [0.717, 1.165) is 53.0 Å². The summed E-state index contributed by atoms with van der Waals surface area (Å²) >= 11 is 0. The minimum Gasteiger partial charge on any atom is -0.467 e. The molecular formula is C30H34N6O2. The van der Waals surface area contributed by atoms with E-state index in [2.05, 4.69) is 82.6 Å². The van der Waals surface area contributed by atoms with Crippen molar-refractivity contribution in [3.8, 4) is 0 Å². The molecule has 0 amide bonds. The van der Waals surface area contributed by atoms with Gasteiger partial charge in [-0.25, -0.2) is 4.68 Å². The molecule has 196 valence electrons. The molecule has 0 saturated carbocycles. The second-order valence-electron chi connectivity index (χ2n) is 10.1. The van der Waals surface area contributed by atoms with E-state index in [4.69, 9.17) is 4.42 Å². The van der Waals surface area contributed by atoms with Crippen LogP contribution < -0.4 is 5.56 Å². The molecule has 8 heteroatoms. The highest BCUT2D eigenvalue weighted by Gasteiger charge is 2.26. The number of tetrazole rings is 1. The van der Waals surface area contributed by atoms with Gasteiger partial charge in [0.15, 0.2) is 5.82 Å². The number of nitrogens with one attached hydrogen (secondary N) is 1. The number of hydrogen-bond donors (Lipinski definition) is 1. The van der Waals surface area contributed by atoms with Crippen LogP contribution in [0.3, 0.4) is 0 Å². The molecule has 0 spiro atoms. The van der Waals surface area contributed by atoms with E-state index in [1.165, 1.54) is 16.7 Å². The first-order valence-electron chi connectivity index (χ1n) is 13.1. The summed E-state index contributed by atoms with van der Waals surface area (Å²) in [4.78, 5) is 18.7. The lowest BCUT2D eigenvalue weighted by Crippen LogP contribution is -2.34. The molecule has 2 aromatic carbocycles. The molecule has 0 bridgehead atoms. The summed E-state index contributed by atoms with van der Waals surface area (Å²) in [5.74, 6) is 1.55. The zero-order chi connectivity index (χ0) is 26.6. The Kier molecular flexibility index (Phi) is 7.51. The fourth-order valence-electron chi connectivity index (χ4n) is 5.27. The van der Waals surface area contributed by atoms with Crippen LogP contribution in [0.1, 0.15) is 58.8 Å². The van der Waals surface area contributed by atoms with E-state index in [0.29, 0.717) is 13.1 Å². The van der Waals surface area contributed by atoms with E-state index in [1.807, 2.05) is 25.1 Å². The number of aromatic nitrogens is 5. The number of aromatic amines is 1. The molecule has 0 radical (unpaired) electrons. The first kappa shape index (κ1) is 25.6. The Morgan fingerprint density at radius 3 is 2.68 bits per heavy atom. The maximum atomic E-state index is 13.3. The predicted molar refractivity (Wildman–Crippen MR) is 148 cm³/mol. The molecule has 1 N–H and O–H groups in total. The summed E-state index contributed by atoms with van der Waals surface area (Å²) in [5, 5.41) is 13.7. The molecule has 5 rings (SSSR count). The van der Waals surface area contributed by atoms with Gasteiger partial charge in [0.1, 0.15) is 12.3 Å². The van der Waals surface area contributed by atoms with Crippen molar-refractivity contribution in [3.05, 3.63) is 111 Å². The first-order chi connectivity index (χ1) is 18.4. The lowest BCUT2D eigenvalue weighted by molar-refractivity contribution is 0.172. The Morgan fingerprint density at radius 1 is 1.05 bits per heavy atom. The minimum absolute atomic E-state index is 0.0601. The summed E-state index contributed by atoms with van der Waals surface area (Å²) in [5.41, 5.74) is 6.31. The van der Waals surface area contributed by atoms with Gasteiger partial charge in [0.05, 0.1) is 17.8 Å². The van der Waals surface area contributed by atoms with Crippen molar-refractivity contribution >= 4 is 10.9 Å². The molecule has 0 saturated heterocycles. The summed E-state index contributed by atoms with van der Waals surface area (Å²) in [6.07, 6.45) is 3.29. The predicted octanol–water partition coefficient (Wildman–Crippen LogP) is 5.28. The summed E-state index contributed by atoms with van der Waals surface area (Å²) in [7, 11) is 0. The molecule has 3 heterocycles. The summed E-state index contributed by atoms with van der Waals surface area (Å²) in [6.45, 7) is 10.0. The van der Waals surface area contributed by atoms with Gasteiger partial charge in [0.25, 0.3) is 5.56 Å². The number of aryl methyl sites for hydroxylation is 3. The Morgan fingerprint density at radius 2 is 1.92 bits per heavy atom. The second kappa shape index (κ2) is 11.1.